The van der Waals surface area contributed by atoms with E-state index in [9.17, 15) is 9.59 Å². The van der Waals surface area contributed by atoms with E-state index in [1.54, 1.807) is 7.05 Å². The van der Waals surface area contributed by atoms with E-state index in [1.807, 2.05) is 0 Å². The van der Waals surface area contributed by atoms with Gasteiger partial charge in [-0.3, -0.25) is 18.8 Å². The van der Waals surface area contributed by atoms with Crippen LogP contribution in [0.2, 0.25) is 0 Å². The first-order valence-electron chi connectivity index (χ1n) is 5.73. The largest absolute Gasteiger partial charge is 0.330 e. The van der Waals surface area contributed by atoms with Crippen LogP contribution < -0.4 is 17.0 Å². The molecule has 0 spiro atoms. The topological polar surface area (TPSA) is 73.3 Å². The molecule has 0 aliphatic carbocycles. The summed E-state index contributed by atoms with van der Waals surface area (Å²) in [6.45, 7) is 2.35. The van der Waals surface area contributed by atoms with Crippen molar-refractivity contribution in [3.63, 3.8) is 0 Å². The van der Waals surface area contributed by atoms with Crippen molar-refractivity contribution in [1.29, 1.82) is 0 Å². The molecule has 94 valence electrons. The van der Waals surface area contributed by atoms with Crippen LogP contribution in [-0.4, -0.2) is 33.2 Å². The molecule has 0 saturated carbocycles. The van der Waals surface area contributed by atoms with Crippen molar-refractivity contribution < 1.29 is 0 Å². The third-order valence-corrected chi connectivity index (χ3v) is 3.32. The molecule has 0 unspecified atom stereocenters. The normalized spacial score (nSPS) is 21.0. The molecule has 1 fully saturated rings. The molecule has 17 heavy (non-hydrogen) atoms. The first kappa shape index (κ1) is 12.1. The fourth-order valence-corrected chi connectivity index (χ4v) is 2.17. The molecule has 6 heteroatoms. The summed E-state index contributed by atoms with van der Waals surface area (Å²) in [5.41, 5.74) is 6.03. The molecule has 1 aliphatic heterocycles. The Bertz CT molecular complexity index is 531. The molecule has 1 saturated heterocycles. The third kappa shape index (κ3) is 2.32. The molecule has 2 rings (SSSR count). The van der Waals surface area contributed by atoms with Gasteiger partial charge in [-0.2, -0.15) is 0 Å². The lowest BCUT2D eigenvalue weighted by atomic mass is 10.3. The summed E-state index contributed by atoms with van der Waals surface area (Å²) in [5, 5.41) is 0. The SMILES string of the molecule is Cn1c(CN2CC[C@@H](N)C2)cc(=O)n(C)c1=O. The molecule has 2 N–H and O–H groups in total. The summed E-state index contributed by atoms with van der Waals surface area (Å²) in [5.74, 6) is 0. The molecular weight excluding hydrogens is 220 g/mol. The number of aromatic nitrogens is 2. The molecule has 0 radical (unpaired) electrons. The van der Waals surface area contributed by atoms with Crippen LogP contribution in [0.3, 0.4) is 0 Å². The van der Waals surface area contributed by atoms with Gasteiger partial charge in [0.25, 0.3) is 5.56 Å². The Morgan fingerprint density at radius 3 is 2.65 bits per heavy atom. The average molecular weight is 238 g/mol. The summed E-state index contributed by atoms with van der Waals surface area (Å²) in [6, 6.07) is 1.73. The van der Waals surface area contributed by atoms with Gasteiger partial charge in [-0.15, -0.1) is 0 Å². The number of likely N-dealkylation sites (tertiary alicyclic amines) is 1. The summed E-state index contributed by atoms with van der Waals surface area (Å²) in [6.07, 6.45) is 0.971. The number of nitrogens with zero attached hydrogens (tertiary/aromatic N) is 3. The van der Waals surface area contributed by atoms with Crippen molar-refractivity contribution in [2.75, 3.05) is 13.1 Å². The molecule has 1 aromatic rings. The van der Waals surface area contributed by atoms with Gasteiger partial charge in [-0.05, 0) is 6.42 Å². The van der Waals surface area contributed by atoms with Crippen LogP contribution in [0, 0.1) is 0 Å². The number of nitrogens with two attached hydrogens (primary N) is 1. The number of hydrogen-bond donors (Lipinski definition) is 1. The number of hydrogen-bond acceptors (Lipinski definition) is 4. The highest BCUT2D eigenvalue weighted by Gasteiger charge is 2.20. The highest BCUT2D eigenvalue weighted by atomic mass is 16.2. The van der Waals surface area contributed by atoms with Gasteiger partial charge in [0.2, 0.25) is 0 Å². The first-order valence-corrected chi connectivity index (χ1v) is 5.73. The van der Waals surface area contributed by atoms with E-state index in [1.165, 1.54) is 17.7 Å². The maximum atomic E-state index is 11.7. The van der Waals surface area contributed by atoms with Gasteiger partial charge in [0.05, 0.1) is 0 Å². The minimum absolute atomic E-state index is 0.207. The zero-order chi connectivity index (χ0) is 12.6. The first-order chi connectivity index (χ1) is 7.99. The minimum Gasteiger partial charge on any atom is -0.326 e. The maximum absolute atomic E-state index is 11.7. The highest BCUT2D eigenvalue weighted by Crippen LogP contribution is 2.10. The Balaban J connectivity index is 2.28. The molecule has 2 heterocycles. The van der Waals surface area contributed by atoms with Gasteiger partial charge < -0.3 is 5.73 Å². The van der Waals surface area contributed by atoms with Crippen LogP contribution in [-0.2, 0) is 20.6 Å². The second-order valence-electron chi connectivity index (χ2n) is 4.66. The van der Waals surface area contributed by atoms with Crippen molar-refractivity contribution in [1.82, 2.24) is 14.0 Å². The van der Waals surface area contributed by atoms with Crippen LogP contribution in [0.25, 0.3) is 0 Å². The Morgan fingerprint density at radius 2 is 2.06 bits per heavy atom. The fraction of sp³-hybridized carbons (Fsp3) is 0.636. The van der Waals surface area contributed by atoms with Gasteiger partial charge in [0.1, 0.15) is 0 Å². The third-order valence-electron chi connectivity index (χ3n) is 3.32. The average Bonchev–Trinajstić information content (AvgIpc) is 2.69. The van der Waals surface area contributed by atoms with Crippen molar-refractivity contribution in [2.24, 2.45) is 19.8 Å². The van der Waals surface area contributed by atoms with Gasteiger partial charge in [-0.25, -0.2) is 4.79 Å². The van der Waals surface area contributed by atoms with Gasteiger partial charge >= 0.3 is 5.69 Å². The monoisotopic (exact) mass is 238 g/mol. The zero-order valence-corrected chi connectivity index (χ0v) is 10.2. The van der Waals surface area contributed by atoms with E-state index < -0.39 is 0 Å². The van der Waals surface area contributed by atoms with Crippen molar-refractivity contribution in [3.8, 4) is 0 Å². The van der Waals surface area contributed by atoms with Crippen LogP contribution in [0.15, 0.2) is 15.7 Å². The van der Waals surface area contributed by atoms with E-state index in [2.05, 4.69) is 4.90 Å². The van der Waals surface area contributed by atoms with Crippen LogP contribution in [0.5, 0.6) is 0 Å². The van der Waals surface area contributed by atoms with E-state index in [4.69, 9.17) is 5.73 Å². The van der Waals surface area contributed by atoms with Gasteiger partial charge in [0, 0.05) is 51.5 Å². The van der Waals surface area contributed by atoms with Gasteiger partial charge in [0.15, 0.2) is 0 Å². The summed E-state index contributed by atoms with van der Waals surface area (Å²) in [4.78, 5) is 25.5. The standard InChI is InChI=1S/C11H18N4O2/c1-13-9(5-10(16)14(2)11(13)17)7-15-4-3-8(12)6-15/h5,8H,3-4,6-7,12H2,1-2H3/t8-/m1/s1. The van der Waals surface area contributed by atoms with E-state index in [-0.39, 0.29) is 17.3 Å². The highest BCUT2D eigenvalue weighted by molar-refractivity contribution is 5.02. The molecule has 0 aromatic carbocycles. The lowest BCUT2D eigenvalue weighted by Gasteiger charge is -2.17. The maximum Gasteiger partial charge on any atom is 0.330 e. The second kappa shape index (κ2) is 4.46. The lowest BCUT2D eigenvalue weighted by molar-refractivity contribution is 0.316. The fourth-order valence-electron chi connectivity index (χ4n) is 2.17. The molecule has 1 atom stereocenters. The smallest absolute Gasteiger partial charge is 0.326 e. The molecule has 1 aliphatic rings. The summed E-state index contributed by atoms with van der Waals surface area (Å²) in [7, 11) is 3.17. The van der Waals surface area contributed by atoms with E-state index in [0.29, 0.717) is 6.54 Å². The Morgan fingerprint density at radius 1 is 1.35 bits per heavy atom. The van der Waals surface area contributed by atoms with E-state index in [0.717, 1.165) is 29.8 Å². The second-order valence-corrected chi connectivity index (χ2v) is 4.66. The molecule has 0 bridgehead atoms. The van der Waals surface area contributed by atoms with Crippen molar-refractivity contribution >= 4 is 0 Å². The summed E-state index contributed by atoms with van der Waals surface area (Å²) >= 11 is 0. The molecule has 0 amide bonds. The van der Waals surface area contributed by atoms with Crippen LogP contribution in [0.4, 0.5) is 0 Å². The van der Waals surface area contributed by atoms with Crippen LogP contribution >= 0.6 is 0 Å². The lowest BCUT2D eigenvalue weighted by Crippen LogP contribution is -2.39. The molecule has 1 aromatic heterocycles. The molecular formula is C11H18N4O2. The predicted octanol–water partition coefficient (Wildman–Crippen LogP) is -1.38. The van der Waals surface area contributed by atoms with Crippen LogP contribution in [0.1, 0.15) is 12.1 Å². The molecule has 6 nitrogen and oxygen atoms in total. The Kier molecular flexibility index (Phi) is 3.17. The number of rotatable bonds is 2. The Labute approximate surface area is 99.3 Å². The zero-order valence-electron chi connectivity index (χ0n) is 10.2. The Hall–Kier alpha value is -1.40. The minimum atomic E-state index is -0.281. The predicted molar refractivity (Wildman–Crippen MR) is 64.8 cm³/mol. The van der Waals surface area contributed by atoms with E-state index >= 15 is 0 Å². The quantitative estimate of drug-likeness (QED) is 0.689. The van der Waals surface area contributed by atoms with Crippen molar-refractivity contribution in [2.45, 2.75) is 19.0 Å². The van der Waals surface area contributed by atoms with Gasteiger partial charge in [-0.1, -0.05) is 0 Å². The van der Waals surface area contributed by atoms with Crippen molar-refractivity contribution in [3.05, 3.63) is 32.6 Å². The summed E-state index contributed by atoms with van der Waals surface area (Å²) < 4.78 is 2.63.